The number of nitrogens with zero attached hydrogens (tertiary/aromatic N) is 5. The first-order chi connectivity index (χ1) is 17.0. The summed E-state index contributed by atoms with van der Waals surface area (Å²) in [5.41, 5.74) is 2.82. The second-order valence-electron chi connectivity index (χ2n) is 8.56. The van der Waals surface area contributed by atoms with Crippen molar-refractivity contribution in [1.29, 1.82) is 5.26 Å². The summed E-state index contributed by atoms with van der Waals surface area (Å²) in [5, 5.41) is 15.3. The molecule has 0 saturated carbocycles. The summed E-state index contributed by atoms with van der Waals surface area (Å²) in [4.78, 5) is 8.33. The number of alkyl halides is 1. The Morgan fingerprint density at radius 3 is 2.67 bits per heavy atom. The molecular formula is C24H22Cl2N6O3S. The molecule has 4 aromatic rings. The fourth-order valence-corrected chi connectivity index (χ4v) is 4.44. The third-order valence-electron chi connectivity index (χ3n) is 5.54. The lowest BCUT2D eigenvalue weighted by molar-refractivity contribution is 0.340. The molecule has 0 aliphatic heterocycles. The molecule has 2 heterocycles. The molecule has 0 atom stereocenters. The predicted octanol–water partition coefficient (Wildman–Crippen LogP) is 4.79. The second kappa shape index (κ2) is 9.93. The van der Waals surface area contributed by atoms with Crippen molar-refractivity contribution in [2.45, 2.75) is 19.4 Å². The summed E-state index contributed by atoms with van der Waals surface area (Å²) in [7, 11) is -3.47. The molecule has 186 valence electrons. The Morgan fingerprint density at radius 2 is 1.97 bits per heavy atom. The average Bonchev–Trinajstić information content (AvgIpc) is 3.33. The summed E-state index contributed by atoms with van der Waals surface area (Å²) in [6, 6.07) is 11.2. The van der Waals surface area contributed by atoms with E-state index in [1.165, 1.54) is 0 Å². The third-order valence-corrected chi connectivity index (χ3v) is 6.53. The fourth-order valence-electron chi connectivity index (χ4n) is 3.65. The van der Waals surface area contributed by atoms with E-state index in [0.29, 0.717) is 21.9 Å². The van der Waals surface area contributed by atoms with Crippen LogP contribution in [0.1, 0.15) is 25.0 Å². The van der Waals surface area contributed by atoms with E-state index in [2.05, 4.69) is 25.9 Å². The minimum atomic E-state index is -3.47. The third kappa shape index (κ3) is 5.38. The van der Waals surface area contributed by atoms with E-state index in [0.717, 1.165) is 28.3 Å². The minimum Gasteiger partial charge on any atom is -0.489 e. The molecular weight excluding hydrogens is 523 g/mol. The Balaban J connectivity index is 1.65. The molecule has 0 bridgehead atoms. The molecule has 0 amide bonds. The van der Waals surface area contributed by atoms with Gasteiger partial charge >= 0.3 is 0 Å². The van der Waals surface area contributed by atoms with Gasteiger partial charge in [-0.2, -0.15) is 10.4 Å². The van der Waals surface area contributed by atoms with E-state index in [1.807, 2.05) is 32.2 Å². The van der Waals surface area contributed by atoms with Gasteiger partial charge in [0.1, 0.15) is 12.7 Å². The molecule has 2 aromatic carbocycles. The highest BCUT2D eigenvalue weighted by Crippen LogP contribution is 2.36. The molecule has 2 aromatic heterocycles. The van der Waals surface area contributed by atoms with Gasteiger partial charge in [0, 0.05) is 23.3 Å². The van der Waals surface area contributed by atoms with Crippen molar-refractivity contribution in [1.82, 2.24) is 19.7 Å². The molecule has 9 nitrogen and oxygen atoms in total. The number of nitrogens with one attached hydrogen (secondary N) is 1. The Hall–Kier alpha value is -3.39. The zero-order valence-corrected chi connectivity index (χ0v) is 22.0. The average molecular weight is 545 g/mol. The highest BCUT2D eigenvalue weighted by molar-refractivity contribution is 7.91. The lowest BCUT2D eigenvalue weighted by Gasteiger charge is -2.27. The number of rotatable bonds is 8. The van der Waals surface area contributed by atoms with Crippen LogP contribution in [0.25, 0.3) is 22.0 Å². The highest BCUT2D eigenvalue weighted by atomic mass is 35.5. The number of halogens is 2. The lowest BCUT2D eigenvalue weighted by atomic mass is 9.92. The van der Waals surface area contributed by atoms with Gasteiger partial charge in [0.05, 0.1) is 40.0 Å². The molecule has 1 N–H and O–H groups in total. The van der Waals surface area contributed by atoms with Gasteiger partial charge in [0.15, 0.2) is 5.75 Å². The van der Waals surface area contributed by atoms with Crippen LogP contribution >= 0.6 is 23.2 Å². The number of nitriles is 1. The summed E-state index contributed by atoms with van der Waals surface area (Å²) in [5.74, 6) is 0.611. The standard InChI is InChI=1S/C24H22Cl2N6O3S/c1-24(2,19-9-16(11-27)22(20(26)10-19)35-7-6-25)32-14-18(13-29-32)15-4-5-21-17(8-15)12-28-23(30-21)31-36(3,33)34/h4-5,8-10,12-14H,6-7H2,1-3H3,(H,28,30,31). The van der Waals surface area contributed by atoms with Crippen LogP contribution in [-0.2, 0) is 15.6 Å². The Kier molecular flexibility index (Phi) is 7.09. The topological polar surface area (TPSA) is 123 Å². The Morgan fingerprint density at radius 1 is 1.19 bits per heavy atom. The molecule has 0 aliphatic carbocycles. The van der Waals surface area contributed by atoms with Crippen LogP contribution in [0.5, 0.6) is 5.75 Å². The van der Waals surface area contributed by atoms with Gasteiger partial charge in [-0.05, 0) is 49.2 Å². The number of ether oxygens (including phenoxy) is 1. The maximum absolute atomic E-state index is 11.4. The van der Waals surface area contributed by atoms with Crippen LogP contribution in [0, 0.1) is 11.3 Å². The van der Waals surface area contributed by atoms with E-state index in [1.54, 1.807) is 35.3 Å². The fraction of sp³-hybridized carbons (Fsp3) is 0.250. The maximum Gasteiger partial charge on any atom is 0.237 e. The smallest absolute Gasteiger partial charge is 0.237 e. The van der Waals surface area contributed by atoms with Gasteiger partial charge in [-0.15, -0.1) is 11.6 Å². The van der Waals surface area contributed by atoms with E-state index in [-0.39, 0.29) is 18.4 Å². The van der Waals surface area contributed by atoms with Crippen molar-refractivity contribution in [3.8, 4) is 22.9 Å². The van der Waals surface area contributed by atoms with Crippen molar-refractivity contribution in [2.24, 2.45) is 0 Å². The quantitative estimate of drug-likeness (QED) is 0.316. The zero-order chi connectivity index (χ0) is 26.1. The zero-order valence-electron chi connectivity index (χ0n) is 19.7. The first kappa shape index (κ1) is 25.7. The first-order valence-electron chi connectivity index (χ1n) is 10.7. The van der Waals surface area contributed by atoms with Crippen molar-refractivity contribution >= 4 is 50.1 Å². The summed E-state index contributed by atoms with van der Waals surface area (Å²) < 4.78 is 32.5. The molecule has 12 heteroatoms. The normalized spacial score (nSPS) is 11.9. The van der Waals surface area contributed by atoms with Crippen LogP contribution in [-0.4, -0.2) is 46.9 Å². The molecule has 36 heavy (non-hydrogen) atoms. The minimum absolute atomic E-state index is 0.0155. The lowest BCUT2D eigenvalue weighted by Crippen LogP contribution is -2.28. The molecule has 0 unspecified atom stereocenters. The second-order valence-corrected chi connectivity index (χ2v) is 11.1. The maximum atomic E-state index is 11.4. The van der Waals surface area contributed by atoms with Gasteiger partial charge in [-0.25, -0.2) is 18.4 Å². The van der Waals surface area contributed by atoms with Crippen molar-refractivity contribution < 1.29 is 13.2 Å². The van der Waals surface area contributed by atoms with Gasteiger partial charge in [0.2, 0.25) is 16.0 Å². The molecule has 0 radical (unpaired) electrons. The summed E-state index contributed by atoms with van der Waals surface area (Å²) in [6.07, 6.45) is 6.25. The van der Waals surface area contributed by atoms with Crippen molar-refractivity contribution in [3.63, 3.8) is 0 Å². The van der Waals surface area contributed by atoms with Crippen LogP contribution < -0.4 is 9.46 Å². The molecule has 0 fully saturated rings. The number of sulfonamides is 1. The molecule has 0 aliphatic rings. The number of benzene rings is 2. The number of hydrogen-bond donors (Lipinski definition) is 1. The van der Waals surface area contributed by atoms with Gasteiger partial charge in [-0.1, -0.05) is 17.7 Å². The van der Waals surface area contributed by atoms with Gasteiger partial charge in [0.25, 0.3) is 0 Å². The number of hydrogen-bond acceptors (Lipinski definition) is 7. The number of aromatic nitrogens is 4. The van der Waals surface area contributed by atoms with Crippen LogP contribution in [0.2, 0.25) is 5.02 Å². The number of anilines is 1. The molecule has 0 spiro atoms. The van der Waals surface area contributed by atoms with Crippen molar-refractivity contribution in [2.75, 3.05) is 23.5 Å². The summed E-state index contributed by atoms with van der Waals surface area (Å²) >= 11 is 12.2. The van der Waals surface area contributed by atoms with Crippen LogP contribution in [0.4, 0.5) is 5.95 Å². The molecule has 0 saturated heterocycles. The van der Waals surface area contributed by atoms with E-state index < -0.39 is 15.6 Å². The monoisotopic (exact) mass is 544 g/mol. The molecule has 4 rings (SSSR count). The van der Waals surface area contributed by atoms with E-state index in [9.17, 15) is 13.7 Å². The SMILES string of the molecule is CC(C)(c1cc(Cl)c(OCCCl)c(C#N)c1)n1cc(-c2ccc3nc(NS(C)(=O)=O)ncc3c2)cn1. The largest absolute Gasteiger partial charge is 0.489 e. The van der Waals surface area contributed by atoms with Crippen LogP contribution in [0.3, 0.4) is 0 Å². The number of fused-ring (bicyclic) bond motifs is 1. The van der Waals surface area contributed by atoms with E-state index >= 15 is 0 Å². The van der Waals surface area contributed by atoms with E-state index in [4.69, 9.17) is 27.9 Å². The summed E-state index contributed by atoms with van der Waals surface area (Å²) in [6.45, 7) is 4.19. The predicted molar refractivity (Wildman–Crippen MR) is 140 cm³/mol. The Bertz CT molecular complexity index is 1600. The highest BCUT2D eigenvalue weighted by Gasteiger charge is 2.27. The van der Waals surface area contributed by atoms with Gasteiger partial charge in [-0.3, -0.25) is 9.40 Å². The van der Waals surface area contributed by atoms with Crippen LogP contribution in [0.15, 0.2) is 48.9 Å². The first-order valence-corrected chi connectivity index (χ1v) is 13.6. The van der Waals surface area contributed by atoms with Gasteiger partial charge < -0.3 is 4.74 Å². The Labute approximate surface area is 218 Å². The van der Waals surface area contributed by atoms with Crippen molar-refractivity contribution in [3.05, 3.63) is 65.1 Å².